The third kappa shape index (κ3) is 4.20. The second-order valence-corrected chi connectivity index (χ2v) is 7.68. The fourth-order valence-corrected chi connectivity index (χ4v) is 3.43. The van der Waals surface area contributed by atoms with Gasteiger partial charge in [0.15, 0.2) is 10.9 Å². The number of pyridine rings is 1. The lowest BCUT2D eigenvalue weighted by Crippen LogP contribution is -2.33. The highest BCUT2D eigenvalue weighted by molar-refractivity contribution is 7.80. The molecular weight excluding hydrogens is 418 g/mol. The number of benzene rings is 2. The molecule has 0 fully saturated rings. The lowest BCUT2D eigenvalue weighted by molar-refractivity contribution is 0.0951. The Labute approximate surface area is 184 Å². The number of nitrogens with zero attached hydrogens (tertiary/aromatic N) is 1. The summed E-state index contributed by atoms with van der Waals surface area (Å²) >= 11 is 11.5. The smallest absolute Gasteiger partial charge is 0.293 e. The van der Waals surface area contributed by atoms with Crippen LogP contribution in [0.1, 0.15) is 21.8 Å². The minimum Gasteiger partial charge on any atom is -0.451 e. The van der Waals surface area contributed by atoms with Crippen molar-refractivity contribution >= 4 is 51.4 Å². The van der Waals surface area contributed by atoms with Gasteiger partial charge >= 0.3 is 0 Å². The number of aryl methyl sites for hydroxylation is 2. The lowest BCUT2D eigenvalue weighted by atomic mass is 10.1. The predicted octanol–water partition coefficient (Wildman–Crippen LogP) is 5.89. The number of carbonyl (C=O) groups excluding carboxylic acids is 1. The van der Waals surface area contributed by atoms with Crippen molar-refractivity contribution in [3.05, 3.63) is 82.7 Å². The molecule has 7 heteroatoms. The molecule has 0 spiro atoms. The maximum atomic E-state index is 12.5. The van der Waals surface area contributed by atoms with Crippen molar-refractivity contribution in [1.29, 1.82) is 0 Å². The first-order valence-electron chi connectivity index (χ1n) is 9.26. The summed E-state index contributed by atoms with van der Waals surface area (Å²) in [6.45, 7) is 3.86. The molecule has 1 amide bonds. The highest BCUT2D eigenvalue weighted by atomic mass is 35.5. The number of anilines is 1. The Hall–Kier alpha value is -3.22. The van der Waals surface area contributed by atoms with Crippen LogP contribution in [0.4, 0.5) is 5.69 Å². The van der Waals surface area contributed by atoms with Gasteiger partial charge in [-0.1, -0.05) is 29.8 Å². The SMILES string of the molecule is Cc1ccc2c(NC(=S)NC(=O)c3ccc(-c4ccc(C)c(Cl)c4)o3)cccc2n1. The van der Waals surface area contributed by atoms with Crippen molar-refractivity contribution in [1.82, 2.24) is 10.3 Å². The molecule has 0 bridgehead atoms. The summed E-state index contributed by atoms with van der Waals surface area (Å²) in [5, 5.41) is 7.43. The number of amides is 1. The Morgan fingerprint density at radius 3 is 2.70 bits per heavy atom. The summed E-state index contributed by atoms with van der Waals surface area (Å²) in [5.41, 5.74) is 4.31. The number of hydrogen-bond acceptors (Lipinski definition) is 4. The van der Waals surface area contributed by atoms with Gasteiger partial charge in [0.25, 0.3) is 5.91 Å². The Kier molecular flexibility index (Phi) is 5.53. The van der Waals surface area contributed by atoms with Gasteiger partial charge in [0.05, 0.1) is 5.52 Å². The quantitative estimate of drug-likeness (QED) is 0.392. The Morgan fingerprint density at radius 1 is 1.07 bits per heavy atom. The van der Waals surface area contributed by atoms with Crippen molar-refractivity contribution in [2.45, 2.75) is 13.8 Å². The van der Waals surface area contributed by atoms with Crippen LogP contribution in [0.5, 0.6) is 0 Å². The van der Waals surface area contributed by atoms with E-state index in [9.17, 15) is 4.79 Å². The Balaban J connectivity index is 1.47. The molecule has 0 aliphatic rings. The molecule has 4 aromatic rings. The summed E-state index contributed by atoms with van der Waals surface area (Å²) in [4.78, 5) is 17.0. The Morgan fingerprint density at radius 2 is 1.90 bits per heavy atom. The van der Waals surface area contributed by atoms with Crippen LogP contribution in [0, 0.1) is 13.8 Å². The van der Waals surface area contributed by atoms with Crippen molar-refractivity contribution in [3.63, 3.8) is 0 Å². The molecule has 2 aromatic carbocycles. The number of hydrogen-bond donors (Lipinski definition) is 2. The topological polar surface area (TPSA) is 67.2 Å². The molecular formula is C23H18ClN3O2S. The summed E-state index contributed by atoms with van der Waals surface area (Å²) in [6, 6.07) is 18.5. The lowest BCUT2D eigenvalue weighted by Gasteiger charge is -2.11. The fourth-order valence-electron chi connectivity index (χ4n) is 3.05. The van der Waals surface area contributed by atoms with Gasteiger partial charge in [0, 0.05) is 27.4 Å². The fraction of sp³-hybridized carbons (Fsp3) is 0.0870. The van der Waals surface area contributed by atoms with Gasteiger partial charge in [-0.15, -0.1) is 0 Å². The second-order valence-electron chi connectivity index (χ2n) is 6.86. The maximum absolute atomic E-state index is 12.5. The summed E-state index contributed by atoms with van der Waals surface area (Å²) in [6.07, 6.45) is 0. The van der Waals surface area contributed by atoms with Crippen LogP contribution in [0.25, 0.3) is 22.2 Å². The number of fused-ring (bicyclic) bond motifs is 1. The zero-order valence-electron chi connectivity index (χ0n) is 16.3. The molecule has 5 nitrogen and oxygen atoms in total. The average Bonchev–Trinajstić information content (AvgIpc) is 3.20. The summed E-state index contributed by atoms with van der Waals surface area (Å²) < 4.78 is 5.69. The highest BCUT2D eigenvalue weighted by Crippen LogP contribution is 2.27. The van der Waals surface area contributed by atoms with Gasteiger partial charge in [0.1, 0.15) is 5.76 Å². The molecule has 2 heterocycles. The van der Waals surface area contributed by atoms with Crippen LogP contribution in [0.15, 0.2) is 65.1 Å². The molecule has 0 unspecified atom stereocenters. The average molecular weight is 436 g/mol. The molecule has 0 atom stereocenters. The van der Waals surface area contributed by atoms with Crippen LogP contribution in [0.3, 0.4) is 0 Å². The van der Waals surface area contributed by atoms with E-state index in [-0.39, 0.29) is 10.9 Å². The van der Waals surface area contributed by atoms with E-state index in [4.69, 9.17) is 28.2 Å². The summed E-state index contributed by atoms with van der Waals surface area (Å²) in [5.74, 6) is 0.267. The van der Waals surface area contributed by atoms with Crippen molar-refractivity contribution < 1.29 is 9.21 Å². The molecule has 2 aromatic heterocycles. The van der Waals surface area contributed by atoms with Gasteiger partial charge in [-0.25, -0.2) is 0 Å². The molecule has 30 heavy (non-hydrogen) atoms. The number of aromatic nitrogens is 1. The monoisotopic (exact) mass is 435 g/mol. The van der Waals surface area contributed by atoms with E-state index in [0.717, 1.165) is 33.4 Å². The van der Waals surface area contributed by atoms with Crippen LogP contribution < -0.4 is 10.6 Å². The second kappa shape index (κ2) is 8.26. The Bertz CT molecular complexity index is 1280. The third-order valence-corrected chi connectivity index (χ3v) is 5.24. The van der Waals surface area contributed by atoms with E-state index in [1.165, 1.54) is 0 Å². The van der Waals surface area contributed by atoms with Crippen molar-refractivity contribution in [3.8, 4) is 11.3 Å². The van der Waals surface area contributed by atoms with E-state index in [1.807, 2.05) is 56.3 Å². The minimum absolute atomic E-state index is 0.154. The van der Waals surface area contributed by atoms with Crippen molar-refractivity contribution in [2.75, 3.05) is 5.32 Å². The number of thiocarbonyl (C=S) groups is 1. The number of rotatable bonds is 3. The van der Waals surface area contributed by atoms with E-state index in [2.05, 4.69) is 15.6 Å². The zero-order chi connectivity index (χ0) is 21.3. The van der Waals surface area contributed by atoms with E-state index in [0.29, 0.717) is 10.8 Å². The number of halogens is 1. The van der Waals surface area contributed by atoms with Crippen LogP contribution in [-0.2, 0) is 0 Å². The van der Waals surface area contributed by atoms with Gasteiger partial charge < -0.3 is 9.73 Å². The third-order valence-electron chi connectivity index (χ3n) is 4.63. The molecule has 0 saturated carbocycles. The normalized spacial score (nSPS) is 10.8. The first-order chi connectivity index (χ1) is 14.4. The molecule has 4 rings (SSSR count). The van der Waals surface area contributed by atoms with Gasteiger partial charge in [-0.2, -0.15) is 0 Å². The first-order valence-corrected chi connectivity index (χ1v) is 10.0. The summed E-state index contributed by atoms with van der Waals surface area (Å²) in [7, 11) is 0. The van der Waals surface area contributed by atoms with Gasteiger partial charge in [-0.3, -0.25) is 15.1 Å². The van der Waals surface area contributed by atoms with Gasteiger partial charge in [-0.05, 0) is 74.1 Å². The number of furan rings is 1. The van der Waals surface area contributed by atoms with E-state index >= 15 is 0 Å². The molecule has 0 aliphatic carbocycles. The standard InChI is InChI=1S/C23H18ClN3O2S/c1-13-6-8-15(12-17(13)24)20-10-11-21(29-20)22(28)27-23(30)26-19-5-3-4-18-16(19)9-7-14(2)25-18/h3-12H,1-2H3,(H2,26,27,28,30). The molecule has 0 aliphatic heterocycles. The molecule has 0 saturated heterocycles. The van der Waals surface area contributed by atoms with Crippen LogP contribution >= 0.6 is 23.8 Å². The number of carbonyl (C=O) groups is 1. The van der Waals surface area contributed by atoms with E-state index < -0.39 is 5.91 Å². The largest absolute Gasteiger partial charge is 0.451 e. The van der Waals surface area contributed by atoms with Crippen LogP contribution in [0.2, 0.25) is 5.02 Å². The van der Waals surface area contributed by atoms with Crippen LogP contribution in [-0.4, -0.2) is 16.0 Å². The highest BCUT2D eigenvalue weighted by Gasteiger charge is 2.15. The zero-order valence-corrected chi connectivity index (χ0v) is 17.9. The first kappa shape index (κ1) is 20.1. The number of nitrogens with one attached hydrogen (secondary N) is 2. The molecule has 2 N–H and O–H groups in total. The van der Waals surface area contributed by atoms with E-state index in [1.54, 1.807) is 18.2 Å². The predicted molar refractivity (Wildman–Crippen MR) is 124 cm³/mol. The maximum Gasteiger partial charge on any atom is 0.293 e. The molecule has 150 valence electrons. The van der Waals surface area contributed by atoms with Crippen molar-refractivity contribution in [2.24, 2.45) is 0 Å². The minimum atomic E-state index is -0.439. The van der Waals surface area contributed by atoms with Gasteiger partial charge in [0.2, 0.25) is 0 Å². The molecule has 0 radical (unpaired) electrons.